The average molecular weight is 282 g/mol. The van der Waals surface area contributed by atoms with E-state index in [2.05, 4.69) is 34.7 Å². The minimum Gasteiger partial charge on any atom is -0.398 e. The van der Waals surface area contributed by atoms with Crippen molar-refractivity contribution in [2.24, 2.45) is 0 Å². The van der Waals surface area contributed by atoms with Gasteiger partial charge in [-0.05, 0) is 42.9 Å². The van der Waals surface area contributed by atoms with Crippen molar-refractivity contribution in [3.05, 3.63) is 41.2 Å². The highest BCUT2D eigenvalue weighted by molar-refractivity contribution is 5.54. The van der Waals surface area contributed by atoms with Crippen LogP contribution >= 0.6 is 0 Å². The SMILES string of the molecule is CCc1cn(C2CC2)c(N2CCc3c(N)cccc3C2)n1. The summed E-state index contributed by atoms with van der Waals surface area (Å²) in [7, 11) is 0. The number of hydrogen-bond acceptors (Lipinski definition) is 3. The Labute approximate surface area is 125 Å². The van der Waals surface area contributed by atoms with Gasteiger partial charge in [-0.25, -0.2) is 4.98 Å². The molecule has 1 fully saturated rings. The zero-order valence-corrected chi connectivity index (χ0v) is 12.5. The predicted octanol–water partition coefficient (Wildman–Crippen LogP) is 2.93. The molecule has 110 valence electrons. The second-order valence-electron chi connectivity index (χ2n) is 6.18. The van der Waals surface area contributed by atoms with Gasteiger partial charge in [0.25, 0.3) is 0 Å². The first-order chi connectivity index (χ1) is 10.3. The van der Waals surface area contributed by atoms with E-state index in [4.69, 9.17) is 10.7 Å². The van der Waals surface area contributed by atoms with Crippen LogP contribution in [0.5, 0.6) is 0 Å². The fraction of sp³-hybridized carbons (Fsp3) is 0.471. The van der Waals surface area contributed by atoms with E-state index in [-0.39, 0.29) is 0 Å². The summed E-state index contributed by atoms with van der Waals surface area (Å²) >= 11 is 0. The Morgan fingerprint density at radius 1 is 1.33 bits per heavy atom. The van der Waals surface area contributed by atoms with Crippen LogP contribution in [-0.4, -0.2) is 16.1 Å². The van der Waals surface area contributed by atoms with E-state index in [1.165, 1.54) is 29.7 Å². The third-order valence-electron chi connectivity index (χ3n) is 4.65. The number of anilines is 2. The van der Waals surface area contributed by atoms with E-state index in [1.54, 1.807) is 0 Å². The maximum absolute atomic E-state index is 6.10. The number of nitrogens with zero attached hydrogens (tertiary/aromatic N) is 3. The molecular formula is C17H22N4. The van der Waals surface area contributed by atoms with Crippen LogP contribution in [0.25, 0.3) is 0 Å². The monoisotopic (exact) mass is 282 g/mol. The maximum Gasteiger partial charge on any atom is 0.206 e. The third-order valence-corrected chi connectivity index (χ3v) is 4.65. The molecule has 0 atom stereocenters. The van der Waals surface area contributed by atoms with Crippen LogP contribution in [0, 0.1) is 0 Å². The number of imidazole rings is 1. The summed E-state index contributed by atoms with van der Waals surface area (Å²) < 4.78 is 2.40. The quantitative estimate of drug-likeness (QED) is 0.881. The number of rotatable bonds is 3. The summed E-state index contributed by atoms with van der Waals surface area (Å²) in [4.78, 5) is 7.28. The van der Waals surface area contributed by atoms with E-state index in [9.17, 15) is 0 Å². The van der Waals surface area contributed by atoms with Crippen molar-refractivity contribution >= 4 is 11.6 Å². The van der Waals surface area contributed by atoms with Crippen LogP contribution in [0.4, 0.5) is 11.6 Å². The summed E-state index contributed by atoms with van der Waals surface area (Å²) in [6, 6.07) is 6.94. The number of nitrogen functional groups attached to an aromatic ring is 1. The second kappa shape index (κ2) is 4.79. The first-order valence-electron chi connectivity index (χ1n) is 7.95. The highest BCUT2D eigenvalue weighted by atomic mass is 15.3. The van der Waals surface area contributed by atoms with Gasteiger partial charge in [0.15, 0.2) is 0 Å². The number of fused-ring (bicyclic) bond motifs is 1. The zero-order valence-electron chi connectivity index (χ0n) is 12.5. The van der Waals surface area contributed by atoms with Gasteiger partial charge in [0.1, 0.15) is 0 Å². The molecule has 0 spiro atoms. The maximum atomic E-state index is 6.10. The van der Waals surface area contributed by atoms with Gasteiger partial charge in [-0.3, -0.25) is 0 Å². The molecule has 0 amide bonds. The Hall–Kier alpha value is -1.97. The van der Waals surface area contributed by atoms with Gasteiger partial charge < -0.3 is 15.2 Å². The van der Waals surface area contributed by atoms with Crippen molar-refractivity contribution in [1.82, 2.24) is 9.55 Å². The lowest BCUT2D eigenvalue weighted by atomic mass is 9.98. The predicted molar refractivity (Wildman–Crippen MR) is 85.5 cm³/mol. The summed E-state index contributed by atoms with van der Waals surface area (Å²) in [6.07, 6.45) is 6.86. The van der Waals surface area contributed by atoms with Gasteiger partial charge in [0.05, 0.1) is 5.69 Å². The van der Waals surface area contributed by atoms with Crippen LogP contribution in [0.15, 0.2) is 24.4 Å². The van der Waals surface area contributed by atoms with Gasteiger partial charge in [0, 0.05) is 31.0 Å². The Kier molecular flexibility index (Phi) is 2.91. The molecule has 1 saturated carbocycles. The van der Waals surface area contributed by atoms with Gasteiger partial charge in [0.2, 0.25) is 5.95 Å². The fourth-order valence-electron chi connectivity index (χ4n) is 3.27. The summed E-state index contributed by atoms with van der Waals surface area (Å²) in [6.45, 7) is 4.11. The molecule has 1 aliphatic carbocycles. The van der Waals surface area contributed by atoms with E-state index in [0.29, 0.717) is 6.04 Å². The second-order valence-corrected chi connectivity index (χ2v) is 6.18. The molecule has 4 rings (SSSR count). The molecule has 0 radical (unpaired) electrons. The van der Waals surface area contributed by atoms with E-state index in [1.807, 2.05) is 6.07 Å². The molecule has 1 aromatic heterocycles. The standard InChI is InChI=1S/C17H22N4/c1-2-13-11-21(14-6-7-14)17(19-13)20-9-8-15-12(10-20)4-3-5-16(15)18/h3-5,11,14H,2,6-10,18H2,1H3. The topological polar surface area (TPSA) is 47.1 Å². The Bertz CT molecular complexity index is 669. The zero-order chi connectivity index (χ0) is 14.4. The van der Waals surface area contributed by atoms with E-state index >= 15 is 0 Å². The molecule has 2 aromatic rings. The molecule has 0 saturated heterocycles. The van der Waals surface area contributed by atoms with Crippen LogP contribution in [0.3, 0.4) is 0 Å². The molecule has 0 unspecified atom stereocenters. The summed E-state index contributed by atoms with van der Waals surface area (Å²) in [5.74, 6) is 1.16. The van der Waals surface area contributed by atoms with Gasteiger partial charge in [-0.2, -0.15) is 0 Å². The van der Waals surface area contributed by atoms with Crippen LogP contribution in [-0.2, 0) is 19.4 Å². The first-order valence-corrected chi connectivity index (χ1v) is 7.95. The average Bonchev–Trinajstić information content (AvgIpc) is 3.26. The fourth-order valence-corrected chi connectivity index (χ4v) is 3.27. The molecule has 4 heteroatoms. The lowest BCUT2D eigenvalue weighted by molar-refractivity contribution is 0.654. The van der Waals surface area contributed by atoms with Crippen molar-refractivity contribution in [2.45, 2.75) is 45.2 Å². The Morgan fingerprint density at radius 2 is 2.19 bits per heavy atom. The Balaban J connectivity index is 1.67. The number of benzene rings is 1. The number of hydrogen-bond donors (Lipinski definition) is 1. The molecule has 2 N–H and O–H groups in total. The largest absolute Gasteiger partial charge is 0.398 e. The minimum atomic E-state index is 0.676. The van der Waals surface area contributed by atoms with Gasteiger partial charge >= 0.3 is 0 Å². The number of aryl methyl sites for hydroxylation is 1. The number of aromatic nitrogens is 2. The van der Waals surface area contributed by atoms with Crippen LogP contribution < -0.4 is 10.6 Å². The molecule has 2 aliphatic rings. The van der Waals surface area contributed by atoms with Gasteiger partial charge in [-0.15, -0.1) is 0 Å². The molecule has 21 heavy (non-hydrogen) atoms. The van der Waals surface area contributed by atoms with Crippen molar-refractivity contribution in [1.29, 1.82) is 0 Å². The van der Waals surface area contributed by atoms with E-state index in [0.717, 1.165) is 37.6 Å². The molecule has 1 aromatic carbocycles. The van der Waals surface area contributed by atoms with Crippen molar-refractivity contribution in [3.63, 3.8) is 0 Å². The normalized spacial score (nSPS) is 17.9. The van der Waals surface area contributed by atoms with Crippen molar-refractivity contribution < 1.29 is 0 Å². The minimum absolute atomic E-state index is 0.676. The highest BCUT2D eigenvalue weighted by Crippen LogP contribution is 2.39. The summed E-state index contributed by atoms with van der Waals surface area (Å²) in [5.41, 5.74) is 10.9. The lowest BCUT2D eigenvalue weighted by Gasteiger charge is -2.30. The lowest BCUT2D eigenvalue weighted by Crippen LogP contribution is -2.32. The van der Waals surface area contributed by atoms with Gasteiger partial charge in [-0.1, -0.05) is 19.1 Å². The molecule has 2 heterocycles. The Morgan fingerprint density at radius 3 is 2.95 bits per heavy atom. The van der Waals surface area contributed by atoms with Crippen LogP contribution in [0.2, 0.25) is 0 Å². The van der Waals surface area contributed by atoms with Crippen molar-refractivity contribution in [3.8, 4) is 0 Å². The smallest absolute Gasteiger partial charge is 0.206 e. The molecule has 0 bridgehead atoms. The molecule has 1 aliphatic heterocycles. The molecular weight excluding hydrogens is 260 g/mol. The number of nitrogens with two attached hydrogens (primary N) is 1. The van der Waals surface area contributed by atoms with Crippen LogP contribution in [0.1, 0.15) is 42.6 Å². The first kappa shape index (κ1) is 12.7. The van der Waals surface area contributed by atoms with E-state index < -0.39 is 0 Å². The third kappa shape index (κ3) is 2.19. The van der Waals surface area contributed by atoms with Crippen molar-refractivity contribution in [2.75, 3.05) is 17.2 Å². The molecule has 4 nitrogen and oxygen atoms in total. The summed E-state index contributed by atoms with van der Waals surface area (Å²) in [5, 5.41) is 0. The highest BCUT2D eigenvalue weighted by Gasteiger charge is 2.30.